The number of carbonyl (C=O) groups excluding carboxylic acids is 2. The Hall–Kier alpha value is -2.42. The molecular weight excluding hydrogens is 433 g/mol. The lowest BCUT2D eigenvalue weighted by Crippen LogP contribution is -2.35. The van der Waals surface area contributed by atoms with Gasteiger partial charge in [0.15, 0.2) is 0 Å². The van der Waals surface area contributed by atoms with Crippen molar-refractivity contribution in [1.29, 1.82) is 0 Å². The van der Waals surface area contributed by atoms with Gasteiger partial charge in [-0.1, -0.05) is 24.3 Å². The van der Waals surface area contributed by atoms with Crippen LogP contribution < -0.4 is 15.5 Å². The lowest BCUT2D eigenvalue weighted by Gasteiger charge is -2.07. The van der Waals surface area contributed by atoms with Crippen molar-refractivity contribution in [2.45, 2.75) is 6.92 Å². The van der Waals surface area contributed by atoms with Crippen LogP contribution in [0.1, 0.15) is 22.8 Å². The van der Waals surface area contributed by atoms with Gasteiger partial charge in [-0.2, -0.15) is 5.10 Å². The molecular formula is C18H18IN3O3. The van der Waals surface area contributed by atoms with E-state index in [1.807, 2.05) is 43.3 Å². The molecule has 2 aromatic carbocycles. The zero-order valence-corrected chi connectivity index (χ0v) is 15.8. The third-order valence-corrected chi connectivity index (χ3v) is 4.08. The van der Waals surface area contributed by atoms with Crippen LogP contribution in [0.2, 0.25) is 0 Å². The van der Waals surface area contributed by atoms with Crippen LogP contribution in [0.5, 0.6) is 5.75 Å². The molecule has 0 fully saturated rings. The van der Waals surface area contributed by atoms with Crippen molar-refractivity contribution in [3.05, 3.63) is 63.2 Å². The van der Waals surface area contributed by atoms with Gasteiger partial charge >= 0.3 is 0 Å². The van der Waals surface area contributed by atoms with E-state index in [1.54, 1.807) is 12.1 Å². The average molecular weight is 451 g/mol. The Balaban J connectivity index is 1.85. The zero-order valence-electron chi connectivity index (χ0n) is 13.7. The summed E-state index contributed by atoms with van der Waals surface area (Å²) in [5.74, 6) is -0.0230. The highest BCUT2D eigenvalue weighted by atomic mass is 127. The number of nitrogens with zero attached hydrogens (tertiary/aromatic N) is 1. The number of ether oxygens (including phenoxy) is 1. The standard InChI is InChI=1S/C18H18IN3O3/c1-2-25-16-10-6-3-7-13(16)11-21-22-17(23)12-20-18(24)14-8-4-5-9-15(14)19/h3-11H,2,12H2,1H3,(H,20,24)(H,22,23)/b21-11-. The summed E-state index contributed by atoms with van der Waals surface area (Å²) in [4.78, 5) is 23.8. The summed E-state index contributed by atoms with van der Waals surface area (Å²) in [6.07, 6.45) is 1.50. The maximum atomic E-state index is 12.0. The van der Waals surface area contributed by atoms with Crippen molar-refractivity contribution in [2.75, 3.05) is 13.2 Å². The van der Waals surface area contributed by atoms with Crippen molar-refractivity contribution in [2.24, 2.45) is 5.10 Å². The van der Waals surface area contributed by atoms with Gasteiger partial charge in [-0.3, -0.25) is 9.59 Å². The molecule has 25 heavy (non-hydrogen) atoms. The van der Waals surface area contributed by atoms with Crippen LogP contribution in [0.15, 0.2) is 53.6 Å². The van der Waals surface area contributed by atoms with Crippen LogP contribution in [-0.4, -0.2) is 31.2 Å². The van der Waals surface area contributed by atoms with E-state index < -0.39 is 5.91 Å². The predicted octanol–water partition coefficient (Wildman–Crippen LogP) is 2.57. The molecule has 6 nitrogen and oxygen atoms in total. The Labute approximate surface area is 159 Å². The molecule has 130 valence electrons. The molecule has 0 bridgehead atoms. The maximum absolute atomic E-state index is 12.0. The van der Waals surface area contributed by atoms with Crippen molar-refractivity contribution in [3.8, 4) is 5.75 Å². The Morgan fingerprint density at radius 3 is 2.64 bits per heavy atom. The van der Waals surface area contributed by atoms with E-state index in [4.69, 9.17) is 4.74 Å². The third-order valence-electron chi connectivity index (χ3n) is 3.14. The van der Waals surface area contributed by atoms with Gasteiger partial charge in [-0.25, -0.2) is 5.43 Å². The molecule has 0 atom stereocenters. The molecule has 0 heterocycles. The zero-order chi connectivity index (χ0) is 18.1. The number of hydrazone groups is 1. The molecule has 2 rings (SSSR count). The Bertz CT molecular complexity index is 778. The van der Waals surface area contributed by atoms with Crippen LogP contribution in [0, 0.1) is 3.57 Å². The summed E-state index contributed by atoms with van der Waals surface area (Å²) in [6.45, 7) is 2.28. The fraction of sp³-hybridized carbons (Fsp3) is 0.167. The molecule has 0 spiro atoms. The molecule has 0 aliphatic heterocycles. The predicted molar refractivity (Wildman–Crippen MR) is 105 cm³/mol. The van der Waals surface area contributed by atoms with Gasteiger partial charge in [0, 0.05) is 9.13 Å². The van der Waals surface area contributed by atoms with Crippen LogP contribution in [0.25, 0.3) is 0 Å². The molecule has 0 aliphatic rings. The van der Waals surface area contributed by atoms with Crippen LogP contribution >= 0.6 is 22.6 Å². The number of para-hydroxylation sites is 1. The SMILES string of the molecule is CCOc1ccccc1/C=N\NC(=O)CNC(=O)c1ccccc1I. The largest absolute Gasteiger partial charge is 0.493 e. The minimum atomic E-state index is -0.413. The van der Waals surface area contributed by atoms with Gasteiger partial charge in [-0.15, -0.1) is 0 Å². The number of hydrogen-bond acceptors (Lipinski definition) is 4. The summed E-state index contributed by atoms with van der Waals surface area (Å²) >= 11 is 2.07. The van der Waals surface area contributed by atoms with E-state index in [0.717, 1.165) is 9.13 Å². The highest BCUT2D eigenvalue weighted by Gasteiger charge is 2.10. The van der Waals surface area contributed by atoms with Gasteiger partial charge in [0.2, 0.25) is 0 Å². The van der Waals surface area contributed by atoms with Gasteiger partial charge in [-0.05, 0) is 53.8 Å². The maximum Gasteiger partial charge on any atom is 0.259 e. The second kappa shape index (κ2) is 9.77. The smallest absolute Gasteiger partial charge is 0.259 e. The molecule has 0 unspecified atom stereocenters. The van der Waals surface area contributed by atoms with E-state index in [0.29, 0.717) is 17.9 Å². The Kier molecular flexibility index (Phi) is 7.39. The van der Waals surface area contributed by atoms with E-state index >= 15 is 0 Å². The normalized spacial score (nSPS) is 10.5. The quantitative estimate of drug-likeness (QED) is 0.386. The summed E-state index contributed by atoms with van der Waals surface area (Å²) < 4.78 is 6.29. The Morgan fingerprint density at radius 2 is 1.88 bits per heavy atom. The number of hydrogen-bond donors (Lipinski definition) is 2. The minimum absolute atomic E-state index is 0.158. The number of rotatable bonds is 7. The molecule has 0 saturated carbocycles. The lowest BCUT2D eigenvalue weighted by atomic mass is 10.2. The van der Waals surface area contributed by atoms with Crippen molar-refractivity contribution in [3.63, 3.8) is 0 Å². The number of amides is 2. The Morgan fingerprint density at radius 1 is 1.16 bits per heavy atom. The lowest BCUT2D eigenvalue weighted by molar-refractivity contribution is -0.120. The van der Waals surface area contributed by atoms with Crippen molar-refractivity contribution < 1.29 is 14.3 Å². The van der Waals surface area contributed by atoms with Gasteiger partial charge in [0.25, 0.3) is 11.8 Å². The second-order valence-corrected chi connectivity index (χ2v) is 6.09. The number of nitrogens with one attached hydrogen (secondary N) is 2. The molecule has 0 aromatic heterocycles. The summed E-state index contributed by atoms with van der Waals surface area (Å²) in [5.41, 5.74) is 3.67. The van der Waals surface area contributed by atoms with Gasteiger partial charge < -0.3 is 10.1 Å². The summed E-state index contributed by atoms with van der Waals surface area (Å²) in [5, 5.41) is 6.46. The summed E-state index contributed by atoms with van der Waals surface area (Å²) in [7, 11) is 0. The van der Waals surface area contributed by atoms with Gasteiger partial charge in [0.05, 0.1) is 24.9 Å². The van der Waals surface area contributed by atoms with Gasteiger partial charge in [0.1, 0.15) is 5.75 Å². The highest BCUT2D eigenvalue weighted by molar-refractivity contribution is 14.1. The molecule has 7 heteroatoms. The number of carbonyl (C=O) groups is 2. The monoisotopic (exact) mass is 451 g/mol. The molecule has 2 aromatic rings. The van der Waals surface area contributed by atoms with Crippen molar-refractivity contribution >= 4 is 40.6 Å². The van der Waals surface area contributed by atoms with E-state index in [-0.39, 0.29) is 12.5 Å². The molecule has 2 amide bonds. The molecule has 0 aliphatic carbocycles. The van der Waals surface area contributed by atoms with Crippen LogP contribution in [0.4, 0.5) is 0 Å². The first-order chi connectivity index (χ1) is 12.1. The highest BCUT2D eigenvalue weighted by Crippen LogP contribution is 2.15. The van der Waals surface area contributed by atoms with Crippen LogP contribution in [0.3, 0.4) is 0 Å². The molecule has 2 N–H and O–H groups in total. The minimum Gasteiger partial charge on any atom is -0.493 e. The van der Waals surface area contributed by atoms with E-state index in [2.05, 4.69) is 38.4 Å². The second-order valence-electron chi connectivity index (χ2n) is 4.93. The number of halogens is 1. The topological polar surface area (TPSA) is 79.8 Å². The molecule has 0 saturated heterocycles. The first-order valence-electron chi connectivity index (χ1n) is 7.68. The number of benzene rings is 2. The fourth-order valence-electron chi connectivity index (χ4n) is 1.99. The summed E-state index contributed by atoms with van der Waals surface area (Å²) in [6, 6.07) is 14.5. The third kappa shape index (κ3) is 5.86. The first kappa shape index (κ1) is 18.9. The van der Waals surface area contributed by atoms with E-state index in [9.17, 15) is 9.59 Å². The fourth-order valence-corrected chi connectivity index (χ4v) is 2.62. The molecule has 0 radical (unpaired) electrons. The van der Waals surface area contributed by atoms with Crippen molar-refractivity contribution in [1.82, 2.24) is 10.7 Å². The van der Waals surface area contributed by atoms with Crippen LogP contribution in [-0.2, 0) is 4.79 Å². The van der Waals surface area contributed by atoms with E-state index in [1.165, 1.54) is 6.21 Å². The first-order valence-corrected chi connectivity index (χ1v) is 8.76. The average Bonchev–Trinajstić information content (AvgIpc) is 2.62.